The van der Waals surface area contributed by atoms with Gasteiger partial charge < -0.3 is 5.11 Å². The Morgan fingerprint density at radius 1 is 1.40 bits per heavy atom. The van der Waals surface area contributed by atoms with E-state index in [1.165, 1.54) is 0 Å². The van der Waals surface area contributed by atoms with Crippen molar-refractivity contribution in [1.82, 2.24) is 0 Å². The predicted octanol–water partition coefficient (Wildman–Crippen LogP) is 0.0495. The minimum atomic E-state index is -2.98. The van der Waals surface area contributed by atoms with Crippen LogP contribution in [0.15, 0.2) is 0 Å². The first-order chi connectivity index (χ1) is 4.48. The maximum Gasteiger partial charge on any atom is 0.152 e. The van der Waals surface area contributed by atoms with Crippen LogP contribution in [-0.2, 0) is 9.84 Å². The van der Waals surface area contributed by atoms with E-state index in [1.54, 1.807) is 0 Å². The van der Waals surface area contributed by atoms with Crippen LogP contribution in [-0.4, -0.2) is 31.6 Å². The highest BCUT2D eigenvalue weighted by atomic mass is 32.2. The fraction of sp³-hybridized carbons (Fsp3) is 1.00. The second-order valence-corrected chi connectivity index (χ2v) is 4.96. The first kappa shape index (κ1) is 9.91. The van der Waals surface area contributed by atoms with Gasteiger partial charge in [0.1, 0.15) is 0 Å². The van der Waals surface area contributed by atoms with Gasteiger partial charge in [-0.25, -0.2) is 8.42 Å². The molecule has 0 saturated carbocycles. The third-order valence-corrected chi connectivity index (χ3v) is 2.97. The molecule has 0 aliphatic heterocycles. The van der Waals surface area contributed by atoms with E-state index in [2.05, 4.69) is 0 Å². The van der Waals surface area contributed by atoms with Gasteiger partial charge in [-0.15, -0.1) is 0 Å². The van der Waals surface area contributed by atoms with Crippen LogP contribution in [0.1, 0.15) is 13.8 Å². The molecule has 0 saturated heterocycles. The summed E-state index contributed by atoms with van der Waals surface area (Å²) in [4.78, 5) is 0. The van der Waals surface area contributed by atoms with Gasteiger partial charge in [0.2, 0.25) is 0 Å². The van der Waals surface area contributed by atoms with E-state index in [9.17, 15) is 8.42 Å². The minimum Gasteiger partial charge on any atom is -0.395 e. The summed E-state index contributed by atoms with van der Waals surface area (Å²) in [5.74, 6) is 0.218. The quantitative estimate of drug-likeness (QED) is 0.642. The third kappa shape index (κ3) is 4.76. The largest absolute Gasteiger partial charge is 0.395 e. The molecule has 0 aromatic heterocycles. The first-order valence-corrected chi connectivity index (χ1v) is 5.11. The lowest BCUT2D eigenvalue weighted by molar-refractivity contribution is 0.319. The van der Waals surface area contributed by atoms with Gasteiger partial charge in [-0.1, -0.05) is 13.8 Å². The molecule has 0 aromatic carbocycles. The van der Waals surface area contributed by atoms with Crippen molar-refractivity contribution in [3.63, 3.8) is 0 Å². The molecule has 0 unspecified atom stereocenters. The molecular weight excluding hydrogens is 152 g/mol. The fourth-order valence-corrected chi connectivity index (χ4v) is 2.19. The number of aliphatic hydroxyl groups is 1. The van der Waals surface area contributed by atoms with Crippen LogP contribution in [0.25, 0.3) is 0 Å². The zero-order valence-electron chi connectivity index (χ0n) is 6.37. The highest BCUT2D eigenvalue weighted by Gasteiger charge is 2.11. The number of hydrogen-bond donors (Lipinski definition) is 1. The summed E-state index contributed by atoms with van der Waals surface area (Å²) in [6.07, 6.45) is 0. The van der Waals surface area contributed by atoms with Crippen LogP contribution in [0.3, 0.4) is 0 Å². The molecule has 0 rings (SSSR count). The average molecular weight is 166 g/mol. The average Bonchev–Trinajstić information content (AvgIpc) is 1.59. The zero-order chi connectivity index (χ0) is 8.20. The molecule has 3 nitrogen and oxygen atoms in total. The van der Waals surface area contributed by atoms with E-state index < -0.39 is 9.84 Å². The Morgan fingerprint density at radius 2 is 1.90 bits per heavy atom. The summed E-state index contributed by atoms with van der Waals surface area (Å²) in [7, 11) is -2.98. The van der Waals surface area contributed by atoms with E-state index in [0.29, 0.717) is 0 Å². The second-order valence-electron chi connectivity index (χ2n) is 2.73. The molecular formula is C6H14O3S. The molecule has 1 N–H and O–H groups in total. The Morgan fingerprint density at radius 3 is 2.20 bits per heavy atom. The van der Waals surface area contributed by atoms with Crippen molar-refractivity contribution in [1.29, 1.82) is 0 Å². The molecule has 0 heterocycles. The van der Waals surface area contributed by atoms with Crippen LogP contribution in [0.2, 0.25) is 0 Å². The Labute approximate surface area is 62.0 Å². The highest BCUT2D eigenvalue weighted by Crippen LogP contribution is 1.99. The minimum absolute atomic E-state index is 0.106. The topological polar surface area (TPSA) is 54.4 Å². The second kappa shape index (κ2) is 3.93. The van der Waals surface area contributed by atoms with Crippen LogP contribution in [0, 0.1) is 5.92 Å². The molecule has 4 heteroatoms. The summed E-state index contributed by atoms with van der Waals surface area (Å²) >= 11 is 0. The van der Waals surface area contributed by atoms with Crippen molar-refractivity contribution in [3.05, 3.63) is 0 Å². The number of rotatable bonds is 4. The molecule has 10 heavy (non-hydrogen) atoms. The van der Waals surface area contributed by atoms with E-state index in [4.69, 9.17) is 5.11 Å². The van der Waals surface area contributed by atoms with Gasteiger partial charge in [0.15, 0.2) is 9.84 Å². The zero-order valence-corrected chi connectivity index (χ0v) is 7.19. The van der Waals surface area contributed by atoms with E-state index >= 15 is 0 Å². The van der Waals surface area contributed by atoms with Gasteiger partial charge in [-0.05, 0) is 5.92 Å². The molecule has 0 spiro atoms. The maximum absolute atomic E-state index is 10.9. The highest BCUT2D eigenvalue weighted by molar-refractivity contribution is 7.91. The lowest BCUT2D eigenvalue weighted by Crippen LogP contribution is -2.17. The molecule has 0 aliphatic rings. The number of hydrogen-bond acceptors (Lipinski definition) is 3. The van der Waals surface area contributed by atoms with Crippen molar-refractivity contribution in [2.24, 2.45) is 5.92 Å². The Balaban J connectivity index is 3.89. The van der Waals surface area contributed by atoms with Crippen LogP contribution in [0.5, 0.6) is 0 Å². The molecule has 0 radical (unpaired) electrons. The van der Waals surface area contributed by atoms with E-state index in [-0.39, 0.29) is 24.0 Å². The van der Waals surface area contributed by atoms with Crippen LogP contribution >= 0.6 is 0 Å². The fourth-order valence-electron chi connectivity index (χ4n) is 0.730. The van der Waals surface area contributed by atoms with Crippen molar-refractivity contribution in [2.75, 3.05) is 18.1 Å². The van der Waals surface area contributed by atoms with Crippen molar-refractivity contribution < 1.29 is 13.5 Å². The van der Waals surface area contributed by atoms with Gasteiger partial charge in [-0.3, -0.25) is 0 Å². The molecule has 0 bridgehead atoms. The monoisotopic (exact) mass is 166 g/mol. The third-order valence-electron chi connectivity index (χ3n) is 0.990. The Hall–Kier alpha value is -0.0900. The molecule has 0 aromatic rings. The standard InChI is InChI=1S/C6H14O3S/c1-6(2)5-10(8,9)4-3-7/h6-7H,3-5H2,1-2H3. The van der Waals surface area contributed by atoms with E-state index in [0.717, 1.165) is 0 Å². The van der Waals surface area contributed by atoms with Crippen LogP contribution in [0.4, 0.5) is 0 Å². The van der Waals surface area contributed by atoms with Gasteiger partial charge in [0.05, 0.1) is 18.1 Å². The van der Waals surface area contributed by atoms with Crippen molar-refractivity contribution in [2.45, 2.75) is 13.8 Å². The summed E-state index contributed by atoms with van der Waals surface area (Å²) < 4.78 is 21.8. The molecule has 62 valence electrons. The summed E-state index contributed by atoms with van der Waals surface area (Å²) in [6.45, 7) is 3.42. The normalized spacial score (nSPS) is 12.4. The molecule has 0 atom stereocenters. The molecule has 0 aliphatic carbocycles. The molecule has 0 fully saturated rings. The van der Waals surface area contributed by atoms with Crippen LogP contribution < -0.4 is 0 Å². The van der Waals surface area contributed by atoms with Crippen molar-refractivity contribution >= 4 is 9.84 Å². The first-order valence-electron chi connectivity index (χ1n) is 3.29. The smallest absolute Gasteiger partial charge is 0.152 e. The summed E-state index contributed by atoms with van der Waals surface area (Å²) in [6, 6.07) is 0. The number of aliphatic hydroxyl groups excluding tert-OH is 1. The summed E-state index contributed by atoms with van der Waals surface area (Å²) in [5, 5.41) is 8.34. The predicted molar refractivity (Wildman–Crippen MR) is 40.6 cm³/mol. The number of sulfone groups is 1. The van der Waals surface area contributed by atoms with E-state index in [1.807, 2.05) is 13.8 Å². The van der Waals surface area contributed by atoms with Crippen molar-refractivity contribution in [3.8, 4) is 0 Å². The Kier molecular flexibility index (Phi) is 3.89. The van der Waals surface area contributed by atoms with Gasteiger partial charge >= 0.3 is 0 Å². The lowest BCUT2D eigenvalue weighted by Gasteiger charge is -2.03. The van der Waals surface area contributed by atoms with Gasteiger partial charge in [-0.2, -0.15) is 0 Å². The summed E-state index contributed by atoms with van der Waals surface area (Å²) in [5.41, 5.74) is 0. The Bertz CT molecular complexity index is 169. The lowest BCUT2D eigenvalue weighted by atomic mass is 10.3. The SMILES string of the molecule is CC(C)CS(=O)(=O)CCO. The molecule has 0 amide bonds. The van der Waals surface area contributed by atoms with Gasteiger partial charge in [0, 0.05) is 0 Å². The van der Waals surface area contributed by atoms with Gasteiger partial charge in [0.25, 0.3) is 0 Å². The maximum atomic E-state index is 10.9.